The molecular formula is C23H26N5O3+. The van der Waals surface area contributed by atoms with Gasteiger partial charge in [-0.1, -0.05) is 24.3 Å². The van der Waals surface area contributed by atoms with Crippen LogP contribution in [0.3, 0.4) is 0 Å². The molecule has 1 atom stereocenters. The van der Waals surface area contributed by atoms with Crippen molar-refractivity contribution in [1.29, 1.82) is 0 Å². The number of rotatable bonds is 3. The summed E-state index contributed by atoms with van der Waals surface area (Å²) in [7, 11) is 0. The lowest BCUT2D eigenvalue weighted by atomic mass is 10.0. The molecule has 8 heteroatoms. The number of para-hydroxylation sites is 4. The molecule has 0 spiro atoms. The number of H-pyrrole nitrogens is 1. The van der Waals surface area contributed by atoms with Crippen molar-refractivity contribution in [1.82, 2.24) is 9.55 Å². The van der Waals surface area contributed by atoms with E-state index in [0.29, 0.717) is 5.69 Å². The van der Waals surface area contributed by atoms with Crippen LogP contribution < -0.4 is 20.8 Å². The third kappa shape index (κ3) is 3.42. The molecular weight excluding hydrogens is 394 g/mol. The fraction of sp³-hybridized carbons (Fsp3) is 0.348. The Labute approximate surface area is 179 Å². The van der Waals surface area contributed by atoms with Gasteiger partial charge < -0.3 is 15.2 Å². The minimum Gasteiger partial charge on any atom is -0.325 e. The van der Waals surface area contributed by atoms with Crippen molar-refractivity contribution >= 4 is 34.2 Å². The zero-order valence-electron chi connectivity index (χ0n) is 17.4. The van der Waals surface area contributed by atoms with Gasteiger partial charge in [-0.2, -0.15) is 0 Å². The highest BCUT2D eigenvalue weighted by molar-refractivity contribution is 6.10. The summed E-state index contributed by atoms with van der Waals surface area (Å²) < 4.78 is 1.86. The number of nitrogens with zero attached hydrogens (tertiary/aromatic N) is 2. The van der Waals surface area contributed by atoms with Crippen LogP contribution in [0, 0.1) is 0 Å². The van der Waals surface area contributed by atoms with E-state index < -0.39 is 0 Å². The van der Waals surface area contributed by atoms with Crippen molar-refractivity contribution in [2.24, 2.45) is 0 Å². The van der Waals surface area contributed by atoms with E-state index in [-0.39, 0.29) is 36.1 Å². The van der Waals surface area contributed by atoms with Crippen LogP contribution in [-0.4, -0.2) is 47.0 Å². The number of nitrogens with one attached hydrogen (secondary N) is 3. The lowest BCUT2D eigenvalue weighted by molar-refractivity contribution is -0.919. The number of aromatic amines is 1. The topological polar surface area (TPSA) is 91.6 Å². The van der Waals surface area contributed by atoms with Crippen molar-refractivity contribution in [2.45, 2.75) is 31.8 Å². The predicted octanol–water partition coefficient (Wildman–Crippen LogP) is 0.923. The lowest BCUT2D eigenvalue weighted by Crippen LogP contribution is -3.17. The third-order valence-electron chi connectivity index (χ3n) is 6.61. The van der Waals surface area contributed by atoms with Crippen molar-refractivity contribution in [3.63, 3.8) is 0 Å². The minimum absolute atomic E-state index is 0.0417. The number of hydrogen-bond donors (Lipinski definition) is 3. The summed E-state index contributed by atoms with van der Waals surface area (Å²) in [5.74, 6) is -0.216. The van der Waals surface area contributed by atoms with E-state index in [2.05, 4.69) is 10.3 Å². The Hall–Kier alpha value is -3.39. The maximum atomic E-state index is 13.3. The maximum absolute atomic E-state index is 13.3. The first kappa shape index (κ1) is 19.6. The van der Waals surface area contributed by atoms with Gasteiger partial charge in [-0.15, -0.1) is 0 Å². The molecule has 2 amide bonds. The average molecular weight is 420 g/mol. The number of likely N-dealkylation sites (tertiary alicyclic amines) is 1. The molecule has 31 heavy (non-hydrogen) atoms. The summed E-state index contributed by atoms with van der Waals surface area (Å²) in [6.45, 7) is 3.57. The molecule has 0 bridgehead atoms. The number of aromatic nitrogens is 2. The van der Waals surface area contributed by atoms with Crippen LogP contribution >= 0.6 is 0 Å². The molecule has 0 saturated carbocycles. The van der Waals surface area contributed by atoms with E-state index in [0.717, 1.165) is 42.7 Å². The lowest BCUT2D eigenvalue weighted by Gasteiger charge is -2.36. The summed E-state index contributed by atoms with van der Waals surface area (Å²) in [6.07, 6.45) is 1.65. The molecule has 0 aliphatic carbocycles. The van der Waals surface area contributed by atoms with E-state index in [1.807, 2.05) is 60.0 Å². The number of benzene rings is 2. The van der Waals surface area contributed by atoms with Crippen LogP contribution in [0.5, 0.6) is 0 Å². The Morgan fingerprint density at radius 2 is 1.77 bits per heavy atom. The molecule has 2 aliphatic rings. The van der Waals surface area contributed by atoms with Crippen molar-refractivity contribution in [3.8, 4) is 0 Å². The molecule has 5 rings (SSSR count). The summed E-state index contributed by atoms with van der Waals surface area (Å²) in [5.41, 5.74) is 3.13. The predicted molar refractivity (Wildman–Crippen MR) is 118 cm³/mol. The van der Waals surface area contributed by atoms with Crippen molar-refractivity contribution in [3.05, 3.63) is 59.0 Å². The van der Waals surface area contributed by atoms with Gasteiger partial charge in [0.1, 0.15) is 6.54 Å². The van der Waals surface area contributed by atoms with E-state index in [1.54, 1.807) is 4.90 Å². The van der Waals surface area contributed by atoms with Crippen molar-refractivity contribution in [2.75, 3.05) is 29.9 Å². The van der Waals surface area contributed by atoms with E-state index >= 15 is 0 Å². The molecule has 2 aliphatic heterocycles. The van der Waals surface area contributed by atoms with E-state index in [4.69, 9.17) is 0 Å². The Kier molecular flexibility index (Phi) is 4.86. The molecule has 1 aromatic heterocycles. The van der Waals surface area contributed by atoms with Crippen LogP contribution in [0.2, 0.25) is 0 Å². The van der Waals surface area contributed by atoms with Crippen LogP contribution in [0.15, 0.2) is 53.3 Å². The molecule has 8 nitrogen and oxygen atoms in total. The fourth-order valence-corrected chi connectivity index (χ4v) is 4.94. The first-order chi connectivity index (χ1) is 15.0. The Bertz CT molecular complexity index is 1210. The summed E-state index contributed by atoms with van der Waals surface area (Å²) in [6, 6.07) is 15.0. The Balaban J connectivity index is 1.31. The second-order valence-electron chi connectivity index (χ2n) is 8.42. The second kappa shape index (κ2) is 7.70. The monoisotopic (exact) mass is 420 g/mol. The molecule has 3 heterocycles. The molecule has 160 valence electrons. The highest BCUT2D eigenvalue weighted by atomic mass is 16.2. The minimum atomic E-state index is -0.264. The van der Waals surface area contributed by atoms with Gasteiger partial charge in [-0.25, -0.2) is 4.79 Å². The molecule has 3 aromatic rings. The van der Waals surface area contributed by atoms with Gasteiger partial charge in [-0.3, -0.25) is 19.1 Å². The van der Waals surface area contributed by atoms with Crippen LogP contribution in [0.4, 0.5) is 11.4 Å². The number of carbonyl (C=O) groups is 2. The standard InChI is InChI=1S/C23H25N5O3/c1-15(22(30)27-14-21(29)24-17-6-2-4-8-19(17)27)26-12-10-16(11-13-26)28-20-9-5-3-7-18(20)25-23(28)31/h2-9,15-16H,10-14H2,1H3,(H,24,29)(H,25,31)/p+1/t15-/m0/s1. The number of quaternary nitrogens is 1. The Morgan fingerprint density at radius 3 is 2.58 bits per heavy atom. The normalized spacial score (nSPS) is 22.1. The quantitative estimate of drug-likeness (QED) is 0.589. The molecule has 0 unspecified atom stereocenters. The summed E-state index contributed by atoms with van der Waals surface area (Å²) in [4.78, 5) is 43.7. The number of piperidine rings is 1. The van der Waals surface area contributed by atoms with Crippen LogP contribution in [-0.2, 0) is 9.59 Å². The molecule has 1 saturated heterocycles. The van der Waals surface area contributed by atoms with Gasteiger partial charge in [0, 0.05) is 18.9 Å². The van der Waals surface area contributed by atoms with Crippen LogP contribution in [0.1, 0.15) is 25.8 Å². The number of anilines is 2. The van der Waals surface area contributed by atoms with E-state index in [9.17, 15) is 14.4 Å². The molecule has 2 aromatic carbocycles. The van der Waals surface area contributed by atoms with Gasteiger partial charge in [0.05, 0.1) is 35.5 Å². The molecule has 1 fully saturated rings. The zero-order chi connectivity index (χ0) is 21.5. The highest BCUT2D eigenvalue weighted by Crippen LogP contribution is 2.29. The maximum Gasteiger partial charge on any atom is 0.326 e. The smallest absolute Gasteiger partial charge is 0.325 e. The summed E-state index contributed by atoms with van der Waals surface area (Å²) >= 11 is 0. The second-order valence-corrected chi connectivity index (χ2v) is 8.42. The van der Waals surface area contributed by atoms with Gasteiger partial charge >= 0.3 is 5.69 Å². The Morgan fingerprint density at radius 1 is 1.06 bits per heavy atom. The average Bonchev–Trinajstić information content (AvgIpc) is 3.13. The first-order valence-corrected chi connectivity index (χ1v) is 10.8. The number of carbonyl (C=O) groups excluding carboxylic acids is 2. The fourth-order valence-electron chi connectivity index (χ4n) is 4.94. The number of hydrogen-bond acceptors (Lipinski definition) is 3. The highest BCUT2D eigenvalue weighted by Gasteiger charge is 2.37. The number of amides is 2. The third-order valence-corrected chi connectivity index (χ3v) is 6.61. The van der Waals surface area contributed by atoms with Gasteiger partial charge in [-0.05, 0) is 31.2 Å². The number of imidazole rings is 1. The SMILES string of the molecule is C[C@@H](C(=O)N1CC(=O)Nc2ccccc21)[NH+]1CCC(n2c(=O)[nH]c3ccccc32)CC1. The largest absolute Gasteiger partial charge is 0.326 e. The number of fused-ring (bicyclic) bond motifs is 2. The summed E-state index contributed by atoms with van der Waals surface area (Å²) in [5, 5.41) is 2.83. The van der Waals surface area contributed by atoms with Gasteiger partial charge in [0.15, 0.2) is 6.04 Å². The van der Waals surface area contributed by atoms with Crippen molar-refractivity contribution < 1.29 is 14.5 Å². The van der Waals surface area contributed by atoms with Gasteiger partial charge in [0.2, 0.25) is 5.91 Å². The van der Waals surface area contributed by atoms with E-state index in [1.165, 1.54) is 4.90 Å². The zero-order valence-corrected chi connectivity index (χ0v) is 17.4. The first-order valence-electron chi connectivity index (χ1n) is 10.8. The van der Waals surface area contributed by atoms with Crippen LogP contribution in [0.25, 0.3) is 11.0 Å². The molecule has 3 N–H and O–H groups in total. The molecule has 0 radical (unpaired) electrons. The van der Waals surface area contributed by atoms with Gasteiger partial charge in [0.25, 0.3) is 5.91 Å².